The van der Waals surface area contributed by atoms with Gasteiger partial charge < -0.3 is 10.2 Å². The molecule has 6 nitrogen and oxygen atoms in total. The number of hydrogen-bond acceptors (Lipinski definition) is 4. The number of anilines is 2. The first-order valence-corrected chi connectivity index (χ1v) is 7.29. The van der Waals surface area contributed by atoms with Crippen molar-refractivity contribution < 1.29 is 4.79 Å². The van der Waals surface area contributed by atoms with Crippen LogP contribution in [0.4, 0.5) is 11.4 Å². The minimum Gasteiger partial charge on any atom is -0.369 e. The molecule has 3 rings (SSSR count). The van der Waals surface area contributed by atoms with Crippen molar-refractivity contribution >= 4 is 17.3 Å². The van der Waals surface area contributed by atoms with E-state index in [1.165, 1.54) is 6.07 Å². The van der Waals surface area contributed by atoms with E-state index in [4.69, 9.17) is 0 Å². The second-order valence-electron chi connectivity index (χ2n) is 5.59. The Kier molecular flexibility index (Phi) is 3.91. The van der Waals surface area contributed by atoms with Crippen molar-refractivity contribution in [1.82, 2.24) is 10.2 Å². The van der Waals surface area contributed by atoms with Crippen molar-refractivity contribution in [2.24, 2.45) is 5.92 Å². The molecular weight excluding hydrogens is 280 g/mol. The van der Waals surface area contributed by atoms with Crippen molar-refractivity contribution in [3.63, 3.8) is 0 Å². The molecule has 2 N–H and O–H groups in total. The Labute approximate surface area is 128 Å². The summed E-state index contributed by atoms with van der Waals surface area (Å²) >= 11 is 0. The molecule has 0 saturated carbocycles. The molecule has 0 unspecified atom stereocenters. The predicted molar refractivity (Wildman–Crippen MR) is 85.0 cm³/mol. The summed E-state index contributed by atoms with van der Waals surface area (Å²) in [5.41, 5.74) is 2.46. The molecule has 2 aromatic rings. The fourth-order valence-corrected chi connectivity index (χ4v) is 2.71. The Hall–Kier alpha value is -2.63. The van der Waals surface area contributed by atoms with Crippen LogP contribution in [0.15, 0.2) is 41.3 Å². The van der Waals surface area contributed by atoms with E-state index in [1.807, 2.05) is 36.1 Å². The van der Waals surface area contributed by atoms with Crippen LogP contribution in [0.2, 0.25) is 0 Å². The molecule has 6 heteroatoms. The maximum absolute atomic E-state index is 12.3. The molecule has 1 fully saturated rings. The van der Waals surface area contributed by atoms with Gasteiger partial charge in [-0.1, -0.05) is 12.1 Å². The number of H-pyrrole nitrogens is 1. The maximum Gasteiger partial charge on any atom is 0.266 e. The molecule has 1 atom stereocenters. The summed E-state index contributed by atoms with van der Waals surface area (Å²) in [5, 5.41) is 9.11. The van der Waals surface area contributed by atoms with Crippen LogP contribution in [0.3, 0.4) is 0 Å². The molecule has 1 aromatic heterocycles. The predicted octanol–water partition coefficient (Wildman–Crippen LogP) is 1.54. The highest BCUT2D eigenvalue weighted by molar-refractivity contribution is 5.93. The number of aromatic amines is 1. The SMILES string of the molecule is Cc1cccc(NC(=O)[C@H]2CCN(c3cn[nH]c(=O)c3)C2)c1. The van der Waals surface area contributed by atoms with E-state index >= 15 is 0 Å². The fourth-order valence-electron chi connectivity index (χ4n) is 2.71. The number of nitrogens with zero attached hydrogens (tertiary/aromatic N) is 2. The number of amides is 1. The number of aromatic nitrogens is 2. The summed E-state index contributed by atoms with van der Waals surface area (Å²) in [5.74, 6) is -0.0642. The summed E-state index contributed by atoms with van der Waals surface area (Å²) in [7, 11) is 0. The Morgan fingerprint density at radius 1 is 1.41 bits per heavy atom. The topological polar surface area (TPSA) is 78.1 Å². The van der Waals surface area contributed by atoms with Gasteiger partial charge in [-0.15, -0.1) is 0 Å². The van der Waals surface area contributed by atoms with Crippen molar-refractivity contribution in [1.29, 1.82) is 0 Å². The number of rotatable bonds is 3. The molecule has 2 heterocycles. The Morgan fingerprint density at radius 2 is 2.27 bits per heavy atom. The zero-order valence-electron chi connectivity index (χ0n) is 12.4. The summed E-state index contributed by atoms with van der Waals surface area (Å²) in [6.07, 6.45) is 2.38. The number of carbonyl (C=O) groups excluding carboxylic acids is 1. The van der Waals surface area contributed by atoms with Crippen molar-refractivity contribution in [2.45, 2.75) is 13.3 Å². The highest BCUT2D eigenvalue weighted by atomic mass is 16.2. The lowest BCUT2D eigenvalue weighted by molar-refractivity contribution is -0.119. The molecule has 1 aromatic carbocycles. The average Bonchev–Trinajstić information content (AvgIpc) is 2.97. The van der Waals surface area contributed by atoms with Crippen molar-refractivity contribution in [3.8, 4) is 0 Å². The first kappa shape index (κ1) is 14.3. The Morgan fingerprint density at radius 3 is 3.05 bits per heavy atom. The second kappa shape index (κ2) is 6.01. The largest absolute Gasteiger partial charge is 0.369 e. The molecule has 1 aliphatic heterocycles. The normalized spacial score (nSPS) is 17.5. The van der Waals surface area contributed by atoms with E-state index < -0.39 is 0 Å². The molecule has 1 aliphatic rings. The smallest absolute Gasteiger partial charge is 0.266 e. The maximum atomic E-state index is 12.3. The lowest BCUT2D eigenvalue weighted by Gasteiger charge is -2.17. The Balaban J connectivity index is 1.65. The molecule has 114 valence electrons. The van der Waals surface area contributed by atoms with Gasteiger partial charge in [0.1, 0.15) is 0 Å². The lowest BCUT2D eigenvalue weighted by Crippen LogP contribution is -2.27. The van der Waals surface area contributed by atoms with Crippen LogP contribution in [0.25, 0.3) is 0 Å². The number of hydrogen-bond donors (Lipinski definition) is 2. The van der Waals surface area contributed by atoms with E-state index in [-0.39, 0.29) is 17.4 Å². The molecule has 22 heavy (non-hydrogen) atoms. The van der Waals surface area contributed by atoms with Gasteiger partial charge in [0.25, 0.3) is 5.56 Å². The van der Waals surface area contributed by atoms with Gasteiger partial charge in [-0.25, -0.2) is 5.10 Å². The van der Waals surface area contributed by atoms with Crippen molar-refractivity contribution in [2.75, 3.05) is 23.3 Å². The van der Waals surface area contributed by atoms with Gasteiger partial charge >= 0.3 is 0 Å². The van der Waals surface area contributed by atoms with Gasteiger partial charge in [-0.3, -0.25) is 9.59 Å². The summed E-state index contributed by atoms with van der Waals surface area (Å²) in [6.45, 7) is 3.34. The zero-order valence-corrected chi connectivity index (χ0v) is 12.4. The van der Waals surface area contributed by atoms with Gasteiger partial charge in [0.05, 0.1) is 17.8 Å². The van der Waals surface area contributed by atoms with E-state index in [1.54, 1.807) is 6.20 Å². The zero-order chi connectivity index (χ0) is 15.5. The van der Waals surface area contributed by atoms with Crippen LogP contribution in [0.5, 0.6) is 0 Å². The van der Waals surface area contributed by atoms with Gasteiger partial charge in [0.2, 0.25) is 5.91 Å². The van der Waals surface area contributed by atoms with Gasteiger partial charge in [0.15, 0.2) is 0 Å². The fraction of sp³-hybridized carbons (Fsp3) is 0.312. The third-order valence-electron chi connectivity index (χ3n) is 3.86. The van der Waals surface area contributed by atoms with E-state index in [0.717, 1.165) is 29.9 Å². The summed E-state index contributed by atoms with van der Waals surface area (Å²) in [6, 6.07) is 9.26. The number of benzene rings is 1. The molecule has 0 bridgehead atoms. The average molecular weight is 298 g/mol. The second-order valence-corrected chi connectivity index (χ2v) is 5.59. The number of aryl methyl sites for hydroxylation is 1. The molecule has 1 amide bonds. The number of carbonyl (C=O) groups is 1. The van der Waals surface area contributed by atoms with E-state index in [9.17, 15) is 9.59 Å². The van der Waals surface area contributed by atoms with Gasteiger partial charge in [-0.05, 0) is 31.0 Å². The highest BCUT2D eigenvalue weighted by Crippen LogP contribution is 2.23. The van der Waals surface area contributed by atoms with Crippen molar-refractivity contribution in [3.05, 3.63) is 52.4 Å². The highest BCUT2D eigenvalue weighted by Gasteiger charge is 2.28. The van der Waals surface area contributed by atoms with Crippen LogP contribution in [0.1, 0.15) is 12.0 Å². The molecular formula is C16H18N4O2. The standard InChI is InChI=1S/C16H18N4O2/c1-11-3-2-4-13(7-11)18-16(22)12-5-6-20(10-12)14-8-15(21)19-17-9-14/h2-4,7-9,12H,5-6,10H2,1H3,(H,18,22)(H,19,21)/t12-/m0/s1. The molecule has 0 spiro atoms. The Bertz CT molecular complexity index is 741. The van der Waals surface area contributed by atoms with Crippen LogP contribution in [-0.2, 0) is 4.79 Å². The minimum atomic E-state index is -0.231. The van der Waals surface area contributed by atoms with Gasteiger partial charge in [0, 0.05) is 24.8 Å². The third-order valence-corrected chi connectivity index (χ3v) is 3.86. The summed E-state index contributed by atoms with van der Waals surface area (Å²) < 4.78 is 0. The van der Waals surface area contributed by atoms with Crippen LogP contribution in [-0.4, -0.2) is 29.2 Å². The monoisotopic (exact) mass is 298 g/mol. The molecule has 0 radical (unpaired) electrons. The quantitative estimate of drug-likeness (QED) is 0.901. The van der Waals surface area contributed by atoms with Gasteiger partial charge in [-0.2, -0.15) is 5.10 Å². The molecule has 1 saturated heterocycles. The van der Waals surface area contributed by atoms with Crippen LogP contribution < -0.4 is 15.8 Å². The van der Waals surface area contributed by atoms with Crippen LogP contribution in [0, 0.1) is 12.8 Å². The summed E-state index contributed by atoms with van der Waals surface area (Å²) in [4.78, 5) is 25.7. The van der Waals surface area contributed by atoms with E-state index in [0.29, 0.717) is 6.54 Å². The minimum absolute atomic E-state index is 0.0194. The third kappa shape index (κ3) is 3.16. The van der Waals surface area contributed by atoms with E-state index in [2.05, 4.69) is 15.5 Å². The first-order chi connectivity index (χ1) is 10.6. The number of nitrogens with one attached hydrogen (secondary N) is 2. The van der Waals surface area contributed by atoms with Crippen LogP contribution >= 0.6 is 0 Å². The molecule has 0 aliphatic carbocycles. The first-order valence-electron chi connectivity index (χ1n) is 7.29. The lowest BCUT2D eigenvalue weighted by atomic mass is 10.1.